The average molecular weight is 389 g/mol. The number of ether oxygens (including phenoxy) is 1. The molecule has 0 spiro atoms. The lowest BCUT2D eigenvalue weighted by atomic mass is 9.96. The molecule has 29 heavy (non-hydrogen) atoms. The van der Waals surface area contributed by atoms with Gasteiger partial charge in [0.25, 0.3) is 0 Å². The molecular formula is C25H27NO3. The zero-order valence-electron chi connectivity index (χ0n) is 16.8. The van der Waals surface area contributed by atoms with E-state index in [0.717, 1.165) is 43.1 Å². The predicted octanol–water partition coefficient (Wildman–Crippen LogP) is 5.07. The van der Waals surface area contributed by atoms with E-state index in [2.05, 4.69) is 35.5 Å². The van der Waals surface area contributed by atoms with Gasteiger partial charge in [-0.3, -0.25) is 0 Å². The first-order chi connectivity index (χ1) is 14.1. The third-order valence-electron chi connectivity index (χ3n) is 5.51. The van der Waals surface area contributed by atoms with Crippen LogP contribution in [0.15, 0.2) is 48.5 Å². The second kappa shape index (κ2) is 9.43. The van der Waals surface area contributed by atoms with Gasteiger partial charge in [0.05, 0.1) is 5.54 Å². The zero-order valence-corrected chi connectivity index (χ0v) is 16.8. The maximum atomic E-state index is 12.4. The molecule has 1 atom stereocenters. The van der Waals surface area contributed by atoms with E-state index in [9.17, 15) is 9.59 Å². The lowest BCUT2D eigenvalue weighted by Gasteiger charge is -2.25. The molecule has 0 saturated heterocycles. The number of rotatable bonds is 9. The van der Waals surface area contributed by atoms with E-state index in [-0.39, 0.29) is 12.5 Å². The van der Waals surface area contributed by atoms with Gasteiger partial charge in [0, 0.05) is 12.3 Å². The van der Waals surface area contributed by atoms with Gasteiger partial charge in [0.1, 0.15) is 12.9 Å². The number of aldehydes is 1. The SMILES string of the molecule is C#CCCCCC[C@](C)(C=O)NC(=O)OCC1c2ccccc2-c2ccccc21. The summed E-state index contributed by atoms with van der Waals surface area (Å²) in [6, 6.07) is 16.4. The monoisotopic (exact) mass is 389 g/mol. The van der Waals surface area contributed by atoms with Crippen molar-refractivity contribution in [2.45, 2.75) is 50.5 Å². The normalized spacial score (nSPS) is 14.2. The molecule has 0 saturated carbocycles. The van der Waals surface area contributed by atoms with Crippen LogP contribution in [0.2, 0.25) is 0 Å². The molecule has 0 aromatic heterocycles. The topological polar surface area (TPSA) is 55.4 Å². The van der Waals surface area contributed by atoms with Gasteiger partial charge >= 0.3 is 6.09 Å². The average Bonchev–Trinajstić information content (AvgIpc) is 3.06. The van der Waals surface area contributed by atoms with Gasteiger partial charge in [-0.15, -0.1) is 12.3 Å². The summed E-state index contributed by atoms with van der Waals surface area (Å²) in [6.45, 7) is 1.96. The molecule has 1 aliphatic carbocycles. The second-order valence-corrected chi connectivity index (χ2v) is 7.75. The van der Waals surface area contributed by atoms with Crippen LogP contribution in [0.3, 0.4) is 0 Å². The Hall–Kier alpha value is -3.06. The number of unbranched alkanes of at least 4 members (excludes halogenated alkanes) is 3. The molecule has 0 aliphatic heterocycles. The van der Waals surface area contributed by atoms with Crippen molar-refractivity contribution in [3.8, 4) is 23.5 Å². The molecule has 4 nitrogen and oxygen atoms in total. The van der Waals surface area contributed by atoms with Crippen LogP contribution in [0, 0.1) is 12.3 Å². The van der Waals surface area contributed by atoms with Gasteiger partial charge in [0.2, 0.25) is 0 Å². The summed E-state index contributed by atoms with van der Waals surface area (Å²) in [7, 11) is 0. The molecule has 1 N–H and O–H groups in total. The largest absolute Gasteiger partial charge is 0.449 e. The summed E-state index contributed by atoms with van der Waals surface area (Å²) in [5, 5.41) is 2.74. The number of nitrogens with one attached hydrogen (secondary N) is 1. The summed E-state index contributed by atoms with van der Waals surface area (Å²) in [6.07, 6.45) is 9.45. The predicted molar refractivity (Wildman–Crippen MR) is 115 cm³/mol. The molecule has 2 aromatic carbocycles. The first kappa shape index (κ1) is 20.7. The van der Waals surface area contributed by atoms with E-state index in [1.165, 1.54) is 11.1 Å². The third kappa shape index (κ3) is 4.86. The van der Waals surface area contributed by atoms with E-state index in [0.29, 0.717) is 6.42 Å². The highest BCUT2D eigenvalue weighted by Gasteiger charge is 2.30. The fourth-order valence-electron chi connectivity index (χ4n) is 3.91. The standard InChI is InChI=1S/C25H27NO3/c1-3-4-5-6-11-16-25(2,18-27)26-24(28)29-17-23-21-14-9-7-12-19(21)20-13-8-10-15-22(20)23/h1,7-10,12-15,18,23H,4-6,11,16-17H2,2H3,(H,26,28)/t25-/m1/s1. The molecule has 1 aliphatic rings. The number of terminal acetylenes is 1. The summed E-state index contributed by atoms with van der Waals surface area (Å²) in [5.74, 6) is 2.61. The van der Waals surface area contributed by atoms with Crippen LogP contribution in [0.4, 0.5) is 4.79 Å². The number of carbonyl (C=O) groups is 2. The van der Waals surface area contributed by atoms with Crippen LogP contribution in [0.1, 0.15) is 56.1 Å². The first-order valence-electron chi connectivity index (χ1n) is 10.1. The van der Waals surface area contributed by atoms with Crippen molar-refractivity contribution in [1.82, 2.24) is 5.32 Å². The van der Waals surface area contributed by atoms with Crippen molar-refractivity contribution in [2.24, 2.45) is 0 Å². The van der Waals surface area contributed by atoms with Crippen molar-refractivity contribution in [1.29, 1.82) is 0 Å². The first-order valence-corrected chi connectivity index (χ1v) is 10.1. The Morgan fingerprint density at radius 2 is 1.72 bits per heavy atom. The van der Waals surface area contributed by atoms with Crippen molar-refractivity contribution in [3.63, 3.8) is 0 Å². The maximum Gasteiger partial charge on any atom is 0.407 e. The van der Waals surface area contributed by atoms with E-state index >= 15 is 0 Å². The highest BCUT2D eigenvalue weighted by molar-refractivity contribution is 5.79. The van der Waals surface area contributed by atoms with E-state index < -0.39 is 11.6 Å². The molecule has 0 radical (unpaired) electrons. The molecule has 0 heterocycles. The fourth-order valence-corrected chi connectivity index (χ4v) is 3.91. The van der Waals surface area contributed by atoms with Crippen molar-refractivity contribution < 1.29 is 14.3 Å². The van der Waals surface area contributed by atoms with Gasteiger partial charge < -0.3 is 14.8 Å². The Morgan fingerprint density at radius 1 is 1.10 bits per heavy atom. The quantitative estimate of drug-likeness (QED) is 0.370. The van der Waals surface area contributed by atoms with Crippen LogP contribution < -0.4 is 5.32 Å². The summed E-state index contributed by atoms with van der Waals surface area (Å²) in [4.78, 5) is 24.0. The van der Waals surface area contributed by atoms with Gasteiger partial charge in [-0.05, 0) is 42.0 Å². The van der Waals surface area contributed by atoms with Crippen molar-refractivity contribution in [3.05, 3.63) is 59.7 Å². The second-order valence-electron chi connectivity index (χ2n) is 7.75. The van der Waals surface area contributed by atoms with Crippen LogP contribution in [0.25, 0.3) is 11.1 Å². The van der Waals surface area contributed by atoms with E-state index in [4.69, 9.17) is 11.2 Å². The summed E-state index contributed by atoms with van der Waals surface area (Å²) in [5.41, 5.74) is 3.75. The van der Waals surface area contributed by atoms with Gasteiger partial charge in [-0.1, -0.05) is 61.4 Å². The number of benzene rings is 2. The Kier molecular flexibility index (Phi) is 6.72. The Labute approximate surface area is 172 Å². The molecule has 1 amide bonds. The maximum absolute atomic E-state index is 12.4. The fraction of sp³-hybridized carbons (Fsp3) is 0.360. The molecular weight excluding hydrogens is 362 g/mol. The van der Waals surface area contributed by atoms with Gasteiger partial charge in [-0.25, -0.2) is 4.79 Å². The number of fused-ring (bicyclic) bond motifs is 3. The molecule has 0 fully saturated rings. The molecule has 0 bridgehead atoms. The van der Waals surface area contributed by atoms with Gasteiger partial charge in [-0.2, -0.15) is 0 Å². The smallest absolute Gasteiger partial charge is 0.407 e. The molecule has 3 rings (SSSR count). The zero-order chi connectivity index (χ0) is 20.7. The van der Waals surface area contributed by atoms with Crippen LogP contribution in [-0.2, 0) is 9.53 Å². The highest BCUT2D eigenvalue weighted by Crippen LogP contribution is 2.44. The van der Waals surface area contributed by atoms with Crippen molar-refractivity contribution in [2.75, 3.05) is 6.61 Å². The number of hydrogen-bond acceptors (Lipinski definition) is 3. The molecule has 0 unspecified atom stereocenters. The minimum atomic E-state index is -0.932. The summed E-state index contributed by atoms with van der Waals surface area (Å²) < 4.78 is 5.55. The summed E-state index contributed by atoms with van der Waals surface area (Å²) >= 11 is 0. The van der Waals surface area contributed by atoms with Crippen LogP contribution in [0.5, 0.6) is 0 Å². The van der Waals surface area contributed by atoms with Crippen LogP contribution >= 0.6 is 0 Å². The number of alkyl carbamates (subject to hydrolysis) is 1. The molecule has 150 valence electrons. The van der Waals surface area contributed by atoms with Gasteiger partial charge in [0.15, 0.2) is 0 Å². The number of amides is 1. The minimum Gasteiger partial charge on any atom is -0.449 e. The third-order valence-corrected chi connectivity index (χ3v) is 5.51. The Bertz CT molecular complexity index is 869. The number of carbonyl (C=O) groups excluding carboxylic acids is 2. The Balaban J connectivity index is 1.59. The minimum absolute atomic E-state index is 0.000556. The van der Waals surface area contributed by atoms with E-state index in [1.54, 1.807) is 6.92 Å². The lowest BCUT2D eigenvalue weighted by Crippen LogP contribution is -2.47. The van der Waals surface area contributed by atoms with Crippen LogP contribution in [-0.4, -0.2) is 24.5 Å². The molecule has 4 heteroatoms. The highest BCUT2D eigenvalue weighted by atomic mass is 16.5. The molecule has 2 aromatic rings. The Morgan fingerprint density at radius 3 is 2.31 bits per heavy atom. The lowest BCUT2D eigenvalue weighted by molar-refractivity contribution is -0.113. The van der Waals surface area contributed by atoms with E-state index in [1.807, 2.05) is 24.3 Å². The van der Waals surface area contributed by atoms with Crippen molar-refractivity contribution >= 4 is 12.4 Å². The number of hydrogen-bond donors (Lipinski definition) is 1.